The zero-order valence-electron chi connectivity index (χ0n) is 13.3. The number of aromatic hydroxyl groups is 1. The molecule has 114 valence electrons. The number of fused-ring (bicyclic) bond motifs is 3. The molecule has 1 fully saturated rings. The molecule has 3 rings (SSSR count). The maximum atomic E-state index is 11.7. The molecule has 3 heteroatoms. The van der Waals surface area contributed by atoms with Crippen molar-refractivity contribution in [1.82, 2.24) is 0 Å². The molecule has 3 nitrogen and oxygen atoms in total. The minimum atomic E-state index is -0.220. The molecule has 3 atom stereocenters. The second kappa shape index (κ2) is 4.75. The summed E-state index contributed by atoms with van der Waals surface area (Å²) in [5, 5.41) is 10.6. The number of hydrogen-bond donors (Lipinski definition) is 1. The van der Waals surface area contributed by atoms with Crippen LogP contribution in [0.4, 0.5) is 0 Å². The monoisotopic (exact) mass is 288 g/mol. The summed E-state index contributed by atoms with van der Waals surface area (Å²) in [5.74, 6) is 2.12. The molecule has 0 aromatic heterocycles. The Bertz CT molecular complexity index is 588. The Kier molecular flexibility index (Phi) is 3.27. The lowest BCUT2D eigenvalue weighted by Gasteiger charge is -2.48. The van der Waals surface area contributed by atoms with Crippen LogP contribution in [0.15, 0.2) is 12.1 Å². The van der Waals surface area contributed by atoms with E-state index in [-0.39, 0.29) is 23.1 Å². The van der Waals surface area contributed by atoms with Crippen molar-refractivity contribution in [3.63, 3.8) is 0 Å². The van der Waals surface area contributed by atoms with Gasteiger partial charge in [-0.3, -0.25) is 4.79 Å². The molecule has 1 aromatic rings. The maximum Gasteiger partial charge on any atom is 0.163 e. The van der Waals surface area contributed by atoms with Crippen molar-refractivity contribution in [3.05, 3.63) is 23.3 Å². The fraction of sp³-hybridized carbons (Fsp3) is 0.611. The lowest BCUT2D eigenvalue weighted by Crippen LogP contribution is -2.46. The molecule has 1 aromatic carbocycles. The molecular formula is C18H24O3. The number of ketones is 1. The van der Waals surface area contributed by atoms with E-state index in [2.05, 4.69) is 20.8 Å². The van der Waals surface area contributed by atoms with Gasteiger partial charge in [0.1, 0.15) is 17.1 Å². The van der Waals surface area contributed by atoms with E-state index in [1.165, 1.54) is 13.3 Å². The second-order valence-corrected chi connectivity index (χ2v) is 7.27. The van der Waals surface area contributed by atoms with Gasteiger partial charge in [-0.1, -0.05) is 13.3 Å². The first-order chi connectivity index (χ1) is 9.81. The molecular weight excluding hydrogens is 264 g/mol. The zero-order chi connectivity index (χ0) is 15.4. The van der Waals surface area contributed by atoms with Crippen molar-refractivity contribution in [2.45, 2.75) is 58.5 Å². The van der Waals surface area contributed by atoms with Crippen molar-refractivity contribution < 1.29 is 14.6 Å². The van der Waals surface area contributed by atoms with Crippen LogP contribution in [0, 0.1) is 11.8 Å². The normalized spacial score (nSPS) is 30.0. The molecule has 1 N–H and O–H groups in total. The second-order valence-electron chi connectivity index (χ2n) is 7.27. The van der Waals surface area contributed by atoms with Crippen molar-refractivity contribution in [2.24, 2.45) is 11.8 Å². The molecule has 0 spiro atoms. The minimum absolute atomic E-state index is 0.0967. The highest BCUT2D eigenvalue weighted by atomic mass is 16.5. The van der Waals surface area contributed by atoms with Gasteiger partial charge in [-0.05, 0) is 57.6 Å². The molecule has 1 heterocycles. The molecule has 0 radical (unpaired) electrons. The van der Waals surface area contributed by atoms with Crippen LogP contribution >= 0.6 is 0 Å². The topological polar surface area (TPSA) is 46.5 Å². The smallest absolute Gasteiger partial charge is 0.163 e. The quantitative estimate of drug-likeness (QED) is 0.784. The number of ether oxygens (including phenoxy) is 1. The van der Waals surface area contributed by atoms with Gasteiger partial charge in [0, 0.05) is 11.5 Å². The molecule has 1 aliphatic heterocycles. The Balaban J connectivity index is 2.16. The average molecular weight is 288 g/mol. The van der Waals surface area contributed by atoms with Crippen LogP contribution in [0.2, 0.25) is 0 Å². The first-order valence-electron chi connectivity index (χ1n) is 7.87. The average Bonchev–Trinajstić information content (AvgIpc) is 2.37. The first kappa shape index (κ1) is 14.4. The van der Waals surface area contributed by atoms with Gasteiger partial charge in [0.15, 0.2) is 5.78 Å². The third-order valence-electron chi connectivity index (χ3n) is 5.31. The van der Waals surface area contributed by atoms with E-state index >= 15 is 0 Å². The highest BCUT2D eigenvalue weighted by Gasteiger charge is 2.47. The Morgan fingerprint density at radius 3 is 2.71 bits per heavy atom. The van der Waals surface area contributed by atoms with Gasteiger partial charge in [-0.2, -0.15) is 0 Å². The number of phenolic OH excluding ortho intramolecular Hbond substituents is 1. The Morgan fingerprint density at radius 1 is 1.33 bits per heavy atom. The number of carbonyl (C=O) groups is 1. The fourth-order valence-electron chi connectivity index (χ4n) is 4.21. The van der Waals surface area contributed by atoms with E-state index < -0.39 is 0 Å². The summed E-state index contributed by atoms with van der Waals surface area (Å²) >= 11 is 0. The number of Topliss-reactive ketones (excluding diaryl/α,β-unsaturated/α-hetero) is 1. The predicted octanol–water partition coefficient (Wildman–Crippen LogP) is 4.29. The highest BCUT2D eigenvalue weighted by molar-refractivity contribution is 5.97. The number of carbonyl (C=O) groups excluding carboxylic acids is 1. The number of hydrogen-bond acceptors (Lipinski definition) is 3. The van der Waals surface area contributed by atoms with Crippen LogP contribution < -0.4 is 4.74 Å². The summed E-state index contributed by atoms with van der Waals surface area (Å²) in [4.78, 5) is 11.7. The molecule has 0 saturated heterocycles. The van der Waals surface area contributed by atoms with Gasteiger partial charge in [0.05, 0.1) is 5.56 Å². The third kappa shape index (κ3) is 2.23. The Labute approximate surface area is 126 Å². The van der Waals surface area contributed by atoms with E-state index in [0.717, 1.165) is 24.2 Å². The predicted molar refractivity (Wildman–Crippen MR) is 82.1 cm³/mol. The van der Waals surface area contributed by atoms with Crippen molar-refractivity contribution in [1.29, 1.82) is 0 Å². The molecule has 1 aliphatic carbocycles. The minimum Gasteiger partial charge on any atom is -0.507 e. The molecule has 0 unspecified atom stereocenters. The van der Waals surface area contributed by atoms with Crippen LogP contribution in [-0.4, -0.2) is 16.5 Å². The van der Waals surface area contributed by atoms with Gasteiger partial charge in [0.25, 0.3) is 0 Å². The van der Waals surface area contributed by atoms with Gasteiger partial charge in [-0.25, -0.2) is 0 Å². The lowest BCUT2D eigenvalue weighted by atomic mass is 9.64. The summed E-state index contributed by atoms with van der Waals surface area (Å²) in [7, 11) is 0. The van der Waals surface area contributed by atoms with E-state index in [1.807, 2.05) is 6.07 Å². The maximum absolute atomic E-state index is 11.7. The molecule has 0 bridgehead atoms. The van der Waals surface area contributed by atoms with Crippen LogP contribution in [0.1, 0.15) is 68.8 Å². The summed E-state index contributed by atoms with van der Waals surface area (Å²) in [6.07, 6.45) is 3.37. The van der Waals surface area contributed by atoms with Gasteiger partial charge in [-0.15, -0.1) is 0 Å². The summed E-state index contributed by atoms with van der Waals surface area (Å²) in [5.41, 5.74) is 1.05. The lowest BCUT2D eigenvalue weighted by molar-refractivity contribution is -0.0145. The first-order valence-corrected chi connectivity index (χ1v) is 7.87. The Morgan fingerprint density at radius 2 is 2.05 bits per heavy atom. The van der Waals surface area contributed by atoms with Crippen LogP contribution in [-0.2, 0) is 0 Å². The molecule has 21 heavy (non-hydrogen) atoms. The summed E-state index contributed by atoms with van der Waals surface area (Å²) in [6.45, 7) is 8.04. The SMILES string of the molecule is CC(=O)c1ccc2c(c1O)[C@@H]1C[C@H](C)CC[C@H]1C(C)(C)O2. The van der Waals surface area contributed by atoms with Gasteiger partial charge >= 0.3 is 0 Å². The van der Waals surface area contributed by atoms with Crippen molar-refractivity contribution in [3.8, 4) is 11.5 Å². The van der Waals surface area contributed by atoms with Crippen molar-refractivity contribution in [2.75, 3.05) is 0 Å². The van der Waals surface area contributed by atoms with Crippen LogP contribution in [0.5, 0.6) is 11.5 Å². The van der Waals surface area contributed by atoms with Gasteiger partial charge < -0.3 is 9.84 Å². The zero-order valence-corrected chi connectivity index (χ0v) is 13.3. The molecule has 0 amide bonds. The van der Waals surface area contributed by atoms with Crippen LogP contribution in [0.25, 0.3) is 0 Å². The highest BCUT2D eigenvalue weighted by Crippen LogP contribution is 2.55. The number of benzene rings is 1. The van der Waals surface area contributed by atoms with E-state index in [4.69, 9.17) is 4.74 Å². The van der Waals surface area contributed by atoms with E-state index in [9.17, 15) is 9.90 Å². The summed E-state index contributed by atoms with van der Waals surface area (Å²) in [6, 6.07) is 3.53. The van der Waals surface area contributed by atoms with E-state index in [0.29, 0.717) is 17.4 Å². The largest absolute Gasteiger partial charge is 0.507 e. The van der Waals surface area contributed by atoms with E-state index in [1.54, 1.807) is 6.07 Å². The van der Waals surface area contributed by atoms with Gasteiger partial charge in [0.2, 0.25) is 0 Å². The molecule has 2 aliphatic rings. The fourth-order valence-corrected chi connectivity index (χ4v) is 4.21. The Hall–Kier alpha value is -1.51. The molecule has 1 saturated carbocycles. The van der Waals surface area contributed by atoms with Crippen LogP contribution in [0.3, 0.4) is 0 Å². The number of phenols is 1. The number of rotatable bonds is 1. The third-order valence-corrected chi connectivity index (χ3v) is 5.31. The van der Waals surface area contributed by atoms with Crippen molar-refractivity contribution >= 4 is 5.78 Å². The standard InChI is InChI=1S/C18H24O3/c1-10-5-7-14-13(9-10)16-15(21-18(14,3)4)8-6-12(11(2)19)17(16)20/h6,8,10,13-14,20H,5,7,9H2,1-4H3/t10-,13-,14-/m1/s1. The summed E-state index contributed by atoms with van der Waals surface area (Å²) < 4.78 is 6.17.